The highest BCUT2D eigenvalue weighted by atomic mass is 35.5. The Labute approximate surface area is 211 Å². The molecule has 3 aromatic rings. The Balaban J connectivity index is 1.50. The summed E-state index contributed by atoms with van der Waals surface area (Å²) in [6, 6.07) is 8.52. The zero-order valence-corrected chi connectivity index (χ0v) is 20.7. The van der Waals surface area contributed by atoms with Crippen LogP contribution in [0.25, 0.3) is 0 Å². The van der Waals surface area contributed by atoms with Crippen LogP contribution < -0.4 is 14.8 Å². The molecule has 0 saturated carbocycles. The molecule has 1 aliphatic heterocycles. The second-order valence-electron chi connectivity index (χ2n) is 8.93. The highest BCUT2D eigenvalue weighted by Gasteiger charge is 2.34. The van der Waals surface area contributed by atoms with E-state index in [9.17, 15) is 9.59 Å². The summed E-state index contributed by atoms with van der Waals surface area (Å²) in [4.78, 5) is 30.6. The fourth-order valence-corrected chi connectivity index (χ4v) is 3.52. The number of rotatable bonds is 5. The number of halogens is 2. The third kappa shape index (κ3) is 5.80. The van der Waals surface area contributed by atoms with Gasteiger partial charge in [0.25, 0.3) is 0 Å². The van der Waals surface area contributed by atoms with Gasteiger partial charge in [-0.15, -0.1) is 10.2 Å². The number of fused-ring (bicyclic) bond motifs is 1. The van der Waals surface area contributed by atoms with Crippen LogP contribution in [-0.4, -0.2) is 37.9 Å². The van der Waals surface area contributed by atoms with Gasteiger partial charge in [-0.2, -0.15) is 0 Å². The predicted molar refractivity (Wildman–Crippen MR) is 128 cm³/mol. The van der Waals surface area contributed by atoms with Crippen molar-refractivity contribution in [2.45, 2.75) is 45.9 Å². The predicted octanol–water partition coefficient (Wildman–Crippen LogP) is 5.88. The molecule has 4 rings (SSSR count). The van der Waals surface area contributed by atoms with Gasteiger partial charge >= 0.3 is 12.2 Å². The van der Waals surface area contributed by atoms with E-state index in [1.807, 2.05) is 0 Å². The minimum atomic E-state index is -0.787. The fraction of sp³-hybridized carbons (Fsp3) is 0.292. The molecule has 188 valence electrons. The first-order valence-corrected chi connectivity index (χ1v) is 11.3. The van der Waals surface area contributed by atoms with E-state index in [1.165, 1.54) is 41.4 Å². The van der Waals surface area contributed by atoms with Crippen LogP contribution in [0.1, 0.15) is 45.0 Å². The largest absolute Gasteiger partial charge is 0.444 e. The summed E-state index contributed by atoms with van der Waals surface area (Å²) in [5.41, 5.74) is -0.159. The lowest BCUT2D eigenvalue weighted by Gasteiger charge is -2.33. The fourth-order valence-electron chi connectivity index (χ4n) is 3.42. The number of nitrogens with zero attached hydrogens (tertiary/aromatic N) is 4. The first-order chi connectivity index (χ1) is 17.0. The minimum absolute atomic E-state index is 0.0644. The lowest BCUT2D eigenvalue weighted by Crippen LogP contribution is -2.40. The molecule has 2 amide bonds. The molecule has 0 aliphatic carbocycles. The van der Waals surface area contributed by atoms with Crippen LogP contribution in [0.2, 0.25) is 5.15 Å². The van der Waals surface area contributed by atoms with Crippen molar-refractivity contribution < 1.29 is 28.2 Å². The van der Waals surface area contributed by atoms with E-state index in [4.69, 9.17) is 25.8 Å². The highest BCUT2D eigenvalue weighted by molar-refractivity contribution is 6.29. The Bertz CT molecular complexity index is 1300. The molecule has 12 heteroatoms. The maximum Gasteiger partial charge on any atom is 0.416 e. The Morgan fingerprint density at radius 2 is 2.03 bits per heavy atom. The SMILES string of the molecule is CC1c2ncc(Oc3ccc(Cl)nn3)cc2OC(=O)N1Cc1cccc(NC(=O)OC(C)(C)C)c1F. The molecule has 0 spiro atoms. The van der Waals surface area contributed by atoms with Crippen LogP contribution >= 0.6 is 11.6 Å². The number of benzene rings is 1. The Morgan fingerprint density at radius 3 is 2.72 bits per heavy atom. The molecule has 1 aliphatic rings. The third-order valence-corrected chi connectivity index (χ3v) is 5.24. The molecule has 0 saturated heterocycles. The lowest BCUT2D eigenvalue weighted by atomic mass is 10.1. The summed E-state index contributed by atoms with van der Waals surface area (Å²) >= 11 is 5.73. The highest BCUT2D eigenvalue weighted by Crippen LogP contribution is 2.37. The minimum Gasteiger partial charge on any atom is -0.444 e. The summed E-state index contributed by atoms with van der Waals surface area (Å²) in [6.45, 7) is 6.74. The van der Waals surface area contributed by atoms with Crippen LogP contribution in [0.15, 0.2) is 42.6 Å². The van der Waals surface area contributed by atoms with E-state index in [0.717, 1.165) is 0 Å². The summed E-state index contributed by atoms with van der Waals surface area (Å²) in [5, 5.41) is 10.1. The molecule has 10 nitrogen and oxygen atoms in total. The number of hydrogen-bond acceptors (Lipinski definition) is 8. The van der Waals surface area contributed by atoms with Crippen molar-refractivity contribution in [3.63, 3.8) is 0 Å². The number of carbonyl (C=O) groups is 2. The quantitative estimate of drug-likeness (QED) is 0.448. The van der Waals surface area contributed by atoms with Crippen molar-refractivity contribution in [3.8, 4) is 17.4 Å². The van der Waals surface area contributed by atoms with Crippen LogP contribution in [0.5, 0.6) is 17.4 Å². The number of anilines is 1. The zero-order valence-electron chi connectivity index (χ0n) is 19.9. The Hall–Kier alpha value is -3.99. The number of carbonyl (C=O) groups excluding carboxylic acids is 2. The molecule has 0 radical (unpaired) electrons. The normalized spacial score (nSPS) is 15.1. The monoisotopic (exact) mass is 515 g/mol. The Morgan fingerprint density at radius 1 is 1.25 bits per heavy atom. The first kappa shape index (κ1) is 25.1. The smallest absolute Gasteiger partial charge is 0.416 e. The maximum atomic E-state index is 15.2. The van der Waals surface area contributed by atoms with Crippen molar-refractivity contribution >= 4 is 29.5 Å². The second-order valence-corrected chi connectivity index (χ2v) is 9.32. The van der Waals surface area contributed by atoms with E-state index in [2.05, 4.69) is 20.5 Å². The van der Waals surface area contributed by atoms with Gasteiger partial charge in [0.2, 0.25) is 5.88 Å². The van der Waals surface area contributed by atoms with Crippen LogP contribution in [0, 0.1) is 5.82 Å². The van der Waals surface area contributed by atoms with Gasteiger partial charge in [-0.05, 0) is 39.8 Å². The molecule has 1 unspecified atom stereocenters. The van der Waals surface area contributed by atoms with Gasteiger partial charge in [-0.25, -0.2) is 14.0 Å². The second kappa shape index (κ2) is 9.94. The lowest BCUT2D eigenvalue weighted by molar-refractivity contribution is 0.0635. The van der Waals surface area contributed by atoms with E-state index in [-0.39, 0.29) is 40.3 Å². The number of hydrogen-bond donors (Lipinski definition) is 1. The molecule has 3 heterocycles. The Kier molecular flexibility index (Phi) is 6.93. The van der Waals surface area contributed by atoms with Gasteiger partial charge in [0.05, 0.1) is 24.5 Å². The van der Waals surface area contributed by atoms with Gasteiger partial charge in [0.1, 0.15) is 11.3 Å². The number of aromatic nitrogens is 3. The van der Waals surface area contributed by atoms with Crippen LogP contribution in [-0.2, 0) is 11.3 Å². The van der Waals surface area contributed by atoms with Gasteiger partial charge in [-0.3, -0.25) is 15.2 Å². The molecule has 1 aromatic carbocycles. The summed E-state index contributed by atoms with van der Waals surface area (Å²) in [5.74, 6) is -0.00183. The van der Waals surface area contributed by atoms with Crippen LogP contribution in [0.3, 0.4) is 0 Å². The molecule has 1 atom stereocenters. The number of nitrogens with one attached hydrogen (secondary N) is 1. The molecular formula is C24H23ClFN5O5. The number of ether oxygens (including phenoxy) is 3. The third-order valence-electron chi connectivity index (χ3n) is 5.04. The zero-order chi connectivity index (χ0) is 26.0. The standard InChI is InChI=1S/C24H23ClFN5O5/c1-13-21-17(10-15(11-27-21)34-19-9-8-18(25)29-30-19)35-23(33)31(13)12-14-6-5-7-16(20(14)26)28-22(32)36-24(2,3)4/h5-11,13H,12H2,1-4H3,(H,28,32). The summed E-state index contributed by atoms with van der Waals surface area (Å²) in [6.07, 6.45) is -0.0234. The van der Waals surface area contributed by atoms with Crippen molar-refractivity contribution in [2.75, 3.05) is 5.32 Å². The van der Waals surface area contributed by atoms with Gasteiger partial charge in [0, 0.05) is 17.7 Å². The maximum absolute atomic E-state index is 15.2. The summed E-state index contributed by atoms with van der Waals surface area (Å²) in [7, 11) is 0. The van der Waals surface area contributed by atoms with Gasteiger partial charge in [0.15, 0.2) is 22.5 Å². The van der Waals surface area contributed by atoms with Crippen molar-refractivity contribution in [1.82, 2.24) is 20.1 Å². The van der Waals surface area contributed by atoms with Crippen molar-refractivity contribution in [1.29, 1.82) is 0 Å². The van der Waals surface area contributed by atoms with Crippen molar-refractivity contribution in [2.24, 2.45) is 0 Å². The average molecular weight is 516 g/mol. The van der Waals surface area contributed by atoms with Gasteiger partial charge in [-0.1, -0.05) is 23.7 Å². The molecule has 2 aromatic heterocycles. The van der Waals surface area contributed by atoms with E-state index < -0.39 is 29.6 Å². The van der Waals surface area contributed by atoms with E-state index >= 15 is 4.39 Å². The van der Waals surface area contributed by atoms with E-state index in [1.54, 1.807) is 33.8 Å². The molecule has 1 N–H and O–H groups in total. The molecule has 0 bridgehead atoms. The number of pyridine rings is 1. The van der Waals surface area contributed by atoms with Crippen molar-refractivity contribution in [3.05, 3.63) is 64.8 Å². The topological polar surface area (TPSA) is 116 Å². The average Bonchev–Trinajstić information content (AvgIpc) is 2.79. The molecule has 36 heavy (non-hydrogen) atoms. The van der Waals surface area contributed by atoms with Gasteiger partial charge < -0.3 is 14.2 Å². The number of amides is 2. The molecule has 0 fully saturated rings. The first-order valence-electron chi connectivity index (χ1n) is 10.9. The molecular weight excluding hydrogens is 493 g/mol. The summed E-state index contributed by atoms with van der Waals surface area (Å²) < 4.78 is 31.4. The van der Waals surface area contributed by atoms with E-state index in [0.29, 0.717) is 5.69 Å². The van der Waals surface area contributed by atoms with Crippen LogP contribution in [0.4, 0.5) is 19.7 Å².